The number of esters is 2. The molecule has 0 atom stereocenters. The molecule has 0 N–H and O–H groups in total. The highest BCUT2D eigenvalue weighted by molar-refractivity contribution is 6.21. The van der Waals surface area contributed by atoms with Crippen molar-refractivity contribution in [3.63, 3.8) is 0 Å². The molecular weight excluding hydrogens is 203 g/mol. The summed E-state index contributed by atoms with van der Waals surface area (Å²) in [4.78, 5) is 21.1. The van der Waals surface area contributed by atoms with E-state index >= 15 is 0 Å². The molecule has 4 nitrogen and oxygen atoms in total. The quantitative estimate of drug-likeness (QED) is 0.405. The Morgan fingerprint density at radius 3 is 1.77 bits per heavy atom. The molecule has 0 rings (SSSR count). The van der Waals surface area contributed by atoms with Crippen molar-refractivity contribution in [2.75, 3.05) is 0 Å². The predicted octanol–water partition coefficient (Wildman–Crippen LogP) is 1.71. The van der Waals surface area contributed by atoms with Gasteiger partial charge in [-0.2, -0.15) is 0 Å². The van der Waals surface area contributed by atoms with Crippen molar-refractivity contribution in [3.05, 3.63) is 0 Å². The van der Waals surface area contributed by atoms with Gasteiger partial charge in [0.25, 0.3) is 0 Å². The number of carbonyl (C=O) groups excluding carboxylic acids is 2. The summed E-state index contributed by atoms with van der Waals surface area (Å²) in [5.41, 5.74) is -3.18. The average Bonchev–Trinajstić information content (AvgIpc) is 2.02. The first-order valence-corrected chi connectivity index (χ1v) is 4.10. The number of carbonyl (C=O) groups is 2. The van der Waals surface area contributed by atoms with Crippen LogP contribution in [0.4, 0.5) is 4.39 Å². The summed E-state index contributed by atoms with van der Waals surface area (Å²) in [5.74, 6) is -1.78. The fourth-order valence-corrected chi connectivity index (χ4v) is 0.602. The molecule has 0 saturated carbocycles. The van der Waals surface area contributed by atoms with Crippen molar-refractivity contribution < 1.29 is 23.5 Å². The van der Waals surface area contributed by atoms with Crippen LogP contribution in [0.1, 0.15) is 26.7 Å². The van der Waals surface area contributed by atoms with Crippen molar-refractivity contribution in [2.24, 2.45) is 0 Å². The first-order valence-electron chi connectivity index (χ1n) is 3.72. The molecule has 0 spiro atoms. The first kappa shape index (κ1) is 12.2. The van der Waals surface area contributed by atoms with E-state index in [4.69, 9.17) is 11.6 Å². The Balaban J connectivity index is 4.07. The summed E-state index contributed by atoms with van der Waals surface area (Å²) in [7, 11) is 0. The molecule has 0 fully saturated rings. The minimum Gasteiger partial charge on any atom is -0.381 e. The first-order chi connectivity index (χ1) is 5.91. The standard InChI is InChI=1S/C7H10ClFO4/c1-3-5(10)12-7(8,9)13-6(11)4-2/h3-4H2,1-2H3. The van der Waals surface area contributed by atoms with Gasteiger partial charge in [-0.25, -0.2) is 0 Å². The highest BCUT2D eigenvalue weighted by Gasteiger charge is 2.35. The van der Waals surface area contributed by atoms with Crippen molar-refractivity contribution >= 4 is 23.5 Å². The van der Waals surface area contributed by atoms with E-state index in [9.17, 15) is 14.0 Å². The maximum absolute atomic E-state index is 12.8. The Labute approximate surface area is 79.9 Å². The smallest absolute Gasteiger partial charge is 0.381 e. The summed E-state index contributed by atoms with van der Waals surface area (Å²) in [6, 6.07) is 0. The van der Waals surface area contributed by atoms with Gasteiger partial charge >= 0.3 is 17.4 Å². The lowest BCUT2D eigenvalue weighted by Crippen LogP contribution is -2.29. The summed E-state index contributed by atoms with van der Waals surface area (Å²) < 4.78 is 20.8. The van der Waals surface area contributed by atoms with Crippen molar-refractivity contribution in [1.29, 1.82) is 0 Å². The van der Waals surface area contributed by atoms with Gasteiger partial charge in [0.1, 0.15) is 0 Å². The molecule has 0 aromatic heterocycles. The summed E-state index contributed by atoms with van der Waals surface area (Å²) in [6.45, 7) is 2.91. The second-order valence-corrected chi connectivity index (χ2v) is 2.57. The number of hydrogen-bond acceptors (Lipinski definition) is 4. The van der Waals surface area contributed by atoms with Crippen molar-refractivity contribution in [2.45, 2.75) is 32.2 Å². The van der Waals surface area contributed by atoms with Crippen molar-refractivity contribution in [3.8, 4) is 0 Å². The van der Waals surface area contributed by atoms with E-state index < -0.39 is 17.4 Å². The minimum atomic E-state index is -3.18. The predicted molar refractivity (Wildman–Crippen MR) is 42.5 cm³/mol. The van der Waals surface area contributed by atoms with Crippen LogP contribution in [0.15, 0.2) is 0 Å². The van der Waals surface area contributed by atoms with Crippen LogP contribution in [-0.4, -0.2) is 17.4 Å². The topological polar surface area (TPSA) is 52.6 Å². The van der Waals surface area contributed by atoms with E-state index in [0.29, 0.717) is 0 Å². The lowest BCUT2D eigenvalue weighted by molar-refractivity contribution is -0.240. The van der Waals surface area contributed by atoms with Crippen LogP contribution in [0.2, 0.25) is 0 Å². The Kier molecular flexibility index (Phi) is 4.69. The third kappa shape index (κ3) is 5.41. The molecule has 0 radical (unpaired) electrons. The fraction of sp³-hybridized carbons (Fsp3) is 0.714. The van der Waals surface area contributed by atoms with Crippen LogP contribution in [0.3, 0.4) is 0 Å². The summed E-state index contributed by atoms with van der Waals surface area (Å²) >= 11 is 4.93. The van der Waals surface area contributed by atoms with Gasteiger partial charge in [-0.3, -0.25) is 9.59 Å². The molecule has 0 bridgehead atoms. The van der Waals surface area contributed by atoms with E-state index in [1.54, 1.807) is 0 Å². The highest BCUT2D eigenvalue weighted by Crippen LogP contribution is 2.22. The van der Waals surface area contributed by atoms with E-state index in [1.807, 2.05) is 0 Å². The molecule has 13 heavy (non-hydrogen) atoms. The van der Waals surface area contributed by atoms with Crippen LogP contribution in [0, 0.1) is 0 Å². The van der Waals surface area contributed by atoms with Crippen LogP contribution in [-0.2, 0) is 19.1 Å². The normalized spacial score (nSPS) is 10.8. The molecule has 0 saturated heterocycles. The molecule has 0 aliphatic carbocycles. The van der Waals surface area contributed by atoms with Crippen LogP contribution in [0.5, 0.6) is 0 Å². The summed E-state index contributed by atoms with van der Waals surface area (Å²) in [6.07, 6.45) is -0.107. The van der Waals surface area contributed by atoms with Gasteiger partial charge in [-0.05, 0) is 0 Å². The molecular formula is C7H10ClFO4. The molecule has 0 aliphatic heterocycles. The number of rotatable bonds is 4. The maximum atomic E-state index is 12.8. The third-order valence-corrected chi connectivity index (χ3v) is 1.20. The number of hydrogen-bond donors (Lipinski definition) is 0. The lowest BCUT2D eigenvalue weighted by atomic mass is 10.5. The Hall–Kier alpha value is -0.840. The van der Waals surface area contributed by atoms with Crippen LogP contribution < -0.4 is 0 Å². The molecule has 0 heterocycles. The van der Waals surface area contributed by atoms with Gasteiger partial charge in [0.05, 0.1) is 0 Å². The molecule has 0 unspecified atom stereocenters. The van der Waals surface area contributed by atoms with Crippen molar-refractivity contribution in [1.82, 2.24) is 0 Å². The number of halogens is 2. The van der Waals surface area contributed by atoms with Gasteiger partial charge in [0.15, 0.2) is 0 Å². The van der Waals surface area contributed by atoms with E-state index in [2.05, 4.69) is 9.47 Å². The molecule has 6 heteroatoms. The Morgan fingerprint density at radius 1 is 1.23 bits per heavy atom. The van der Waals surface area contributed by atoms with Gasteiger partial charge in [-0.1, -0.05) is 13.8 Å². The van der Waals surface area contributed by atoms with E-state index in [1.165, 1.54) is 13.8 Å². The monoisotopic (exact) mass is 212 g/mol. The Morgan fingerprint density at radius 2 is 1.54 bits per heavy atom. The largest absolute Gasteiger partial charge is 0.502 e. The summed E-state index contributed by atoms with van der Waals surface area (Å²) in [5, 5.41) is 0. The minimum absolute atomic E-state index is 0.0535. The molecule has 0 aromatic rings. The van der Waals surface area contributed by atoms with E-state index in [-0.39, 0.29) is 12.8 Å². The third-order valence-electron chi connectivity index (χ3n) is 1.04. The molecule has 76 valence electrons. The SMILES string of the molecule is CCC(=O)OC(F)(Cl)OC(=O)CC. The molecule has 0 aliphatic rings. The Bertz CT molecular complexity index is 185. The zero-order chi connectivity index (χ0) is 10.5. The second-order valence-electron chi connectivity index (χ2n) is 2.12. The van der Waals surface area contributed by atoms with Gasteiger partial charge in [-0.15, -0.1) is 4.39 Å². The second kappa shape index (κ2) is 5.01. The maximum Gasteiger partial charge on any atom is 0.502 e. The van der Waals surface area contributed by atoms with Crippen LogP contribution in [0.25, 0.3) is 0 Å². The van der Waals surface area contributed by atoms with Gasteiger partial charge in [0, 0.05) is 24.4 Å². The van der Waals surface area contributed by atoms with Crippen LogP contribution >= 0.6 is 11.6 Å². The molecule has 0 aromatic carbocycles. The lowest BCUT2D eigenvalue weighted by Gasteiger charge is -2.16. The van der Waals surface area contributed by atoms with Gasteiger partial charge in [0.2, 0.25) is 0 Å². The number of ether oxygens (including phenoxy) is 2. The van der Waals surface area contributed by atoms with Gasteiger partial charge < -0.3 is 9.47 Å². The molecule has 0 amide bonds. The zero-order valence-electron chi connectivity index (χ0n) is 7.30. The highest BCUT2D eigenvalue weighted by atomic mass is 35.5. The average molecular weight is 213 g/mol. The zero-order valence-corrected chi connectivity index (χ0v) is 8.06. The van der Waals surface area contributed by atoms with E-state index in [0.717, 1.165) is 0 Å². The number of alkyl halides is 2. The fourth-order valence-electron chi connectivity index (χ4n) is 0.430.